The third-order valence-corrected chi connectivity index (χ3v) is 5.58. The summed E-state index contributed by atoms with van der Waals surface area (Å²) in [6.45, 7) is 1.79. The topological polar surface area (TPSA) is 113 Å². The molecule has 32 heavy (non-hydrogen) atoms. The normalized spacial score (nSPS) is 10.4. The summed E-state index contributed by atoms with van der Waals surface area (Å²) in [6.07, 6.45) is 4.60. The fraction of sp³-hybridized carbons (Fsp3) is 0.0435. The van der Waals surface area contributed by atoms with Gasteiger partial charge in [0.25, 0.3) is 17.7 Å². The minimum Gasteiger partial charge on any atom is -0.459 e. The Morgan fingerprint density at radius 1 is 0.875 bits per heavy atom. The van der Waals surface area contributed by atoms with Crippen LogP contribution in [0.3, 0.4) is 0 Å². The number of pyridine rings is 1. The number of carbonyl (C=O) groups excluding carboxylic acids is 3. The molecule has 0 aliphatic rings. The summed E-state index contributed by atoms with van der Waals surface area (Å²) in [6, 6.07) is 14.9. The lowest BCUT2D eigenvalue weighted by atomic mass is 10.2. The SMILES string of the molecule is Cc1cc(NC(=O)c2ccco2)sc1C(=O)Nc1ccc(C(=O)Nc2cccnc2)cc1. The summed E-state index contributed by atoms with van der Waals surface area (Å²) in [5.74, 6) is -0.779. The number of nitrogens with zero attached hydrogens (tertiary/aromatic N) is 1. The van der Waals surface area contributed by atoms with Crippen molar-refractivity contribution in [3.05, 3.63) is 95.0 Å². The summed E-state index contributed by atoms with van der Waals surface area (Å²) in [7, 11) is 0. The molecule has 3 N–H and O–H groups in total. The second-order valence-corrected chi connectivity index (χ2v) is 7.83. The van der Waals surface area contributed by atoms with Crippen molar-refractivity contribution in [1.29, 1.82) is 0 Å². The zero-order valence-electron chi connectivity index (χ0n) is 16.9. The van der Waals surface area contributed by atoms with E-state index in [0.29, 0.717) is 26.8 Å². The van der Waals surface area contributed by atoms with Gasteiger partial charge in [-0.3, -0.25) is 19.4 Å². The number of furan rings is 1. The first-order valence-electron chi connectivity index (χ1n) is 9.57. The summed E-state index contributed by atoms with van der Waals surface area (Å²) in [5.41, 5.74) is 2.32. The van der Waals surface area contributed by atoms with Crippen molar-refractivity contribution >= 4 is 45.4 Å². The molecule has 0 bridgehead atoms. The molecule has 8 nitrogen and oxygen atoms in total. The van der Waals surface area contributed by atoms with Crippen LogP contribution in [0.4, 0.5) is 16.4 Å². The second kappa shape index (κ2) is 9.27. The van der Waals surface area contributed by atoms with Gasteiger partial charge in [0.05, 0.1) is 28.0 Å². The Hall–Kier alpha value is -4.24. The fourth-order valence-corrected chi connectivity index (χ4v) is 3.85. The van der Waals surface area contributed by atoms with E-state index < -0.39 is 0 Å². The number of rotatable bonds is 6. The molecule has 0 saturated heterocycles. The van der Waals surface area contributed by atoms with Crippen LogP contribution in [-0.2, 0) is 0 Å². The van der Waals surface area contributed by atoms with Crippen molar-refractivity contribution in [2.24, 2.45) is 0 Å². The highest BCUT2D eigenvalue weighted by Crippen LogP contribution is 2.28. The highest BCUT2D eigenvalue weighted by atomic mass is 32.1. The van der Waals surface area contributed by atoms with E-state index in [1.165, 1.54) is 17.6 Å². The molecule has 1 aromatic carbocycles. The lowest BCUT2D eigenvalue weighted by Crippen LogP contribution is -2.13. The zero-order valence-corrected chi connectivity index (χ0v) is 17.7. The van der Waals surface area contributed by atoms with Gasteiger partial charge in [-0.15, -0.1) is 11.3 Å². The minimum absolute atomic E-state index is 0.190. The van der Waals surface area contributed by atoms with Crippen LogP contribution in [0.2, 0.25) is 0 Å². The van der Waals surface area contributed by atoms with Crippen LogP contribution in [-0.4, -0.2) is 22.7 Å². The van der Waals surface area contributed by atoms with Crippen molar-refractivity contribution in [2.75, 3.05) is 16.0 Å². The number of thiophene rings is 1. The third kappa shape index (κ3) is 4.90. The van der Waals surface area contributed by atoms with Gasteiger partial charge in [0.15, 0.2) is 5.76 Å². The molecule has 3 aromatic heterocycles. The van der Waals surface area contributed by atoms with Crippen molar-refractivity contribution < 1.29 is 18.8 Å². The number of carbonyl (C=O) groups is 3. The van der Waals surface area contributed by atoms with Crippen molar-refractivity contribution in [3.63, 3.8) is 0 Å². The van der Waals surface area contributed by atoms with Gasteiger partial charge in [-0.2, -0.15) is 0 Å². The Morgan fingerprint density at radius 2 is 1.66 bits per heavy atom. The maximum atomic E-state index is 12.7. The predicted octanol–water partition coefficient (Wildman–Crippen LogP) is 4.80. The number of hydrogen-bond donors (Lipinski definition) is 3. The van der Waals surface area contributed by atoms with E-state index in [4.69, 9.17) is 4.42 Å². The van der Waals surface area contributed by atoms with Gasteiger partial charge in [0.2, 0.25) is 0 Å². The molecular formula is C23H18N4O4S. The van der Waals surface area contributed by atoms with Gasteiger partial charge >= 0.3 is 0 Å². The molecule has 0 unspecified atom stereocenters. The molecule has 4 aromatic rings. The molecule has 4 rings (SSSR count). The molecule has 0 fully saturated rings. The average Bonchev–Trinajstić information content (AvgIpc) is 3.45. The Bertz CT molecular complexity index is 1250. The Balaban J connectivity index is 1.39. The van der Waals surface area contributed by atoms with E-state index in [1.54, 1.807) is 73.9 Å². The van der Waals surface area contributed by atoms with Crippen LogP contribution in [0.5, 0.6) is 0 Å². The number of benzene rings is 1. The summed E-state index contributed by atoms with van der Waals surface area (Å²) < 4.78 is 5.07. The van der Waals surface area contributed by atoms with Gasteiger partial charge in [0, 0.05) is 17.4 Å². The smallest absolute Gasteiger partial charge is 0.291 e. The lowest BCUT2D eigenvalue weighted by Gasteiger charge is -2.07. The van der Waals surface area contributed by atoms with E-state index in [2.05, 4.69) is 20.9 Å². The Kier molecular flexibility index (Phi) is 6.09. The largest absolute Gasteiger partial charge is 0.459 e. The van der Waals surface area contributed by atoms with Crippen molar-refractivity contribution in [2.45, 2.75) is 6.92 Å². The summed E-state index contributed by atoms with van der Waals surface area (Å²) >= 11 is 1.17. The fourth-order valence-electron chi connectivity index (χ4n) is 2.88. The molecule has 3 heterocycles. The third-order valence-electron chi connectivity index (χ3n) is 4.43. The van der Waals surface area contributed by atoms with Gasteiger partial charge in [-0.25, -0.2) is 0 Å². The van der Waals surface area contributed by atoms with Crippen LogP contribution in [0.25, 0.3) is 0 Å². The first-order valence-corrected chi connectivity index (χ1v) is 10.4. The molecule has 0 radical (unpaired) electrons. The molecule has 0 spiro atoms. The van der Waals surface area contributed by atoms with Gasteiger partial charge in [-0.1, -0.05) is 0 Å². The monoisotopic (exact) mass is 446 g/mol. The van der Waals surface area contributed by atoms with E-state index in [0.717, 1.165) is 5.56 Å². The van der Waals surface area contributed by atoms with E-state index in [-0.39, 0.29) is 23.5 Å². The van der Waals surface area contributed by atoms with Crippen molar-refractivity contribution in [1.82, 2.24) is 4.98 Å². The lowest BCUT2D eigenvalue weighted by molar-refractivity contribution is 0.0993. The van der Waals surface area contributed by atoms with Crippen LogP contribution >= 0.6 is 11.3 Å². The molecule has 0 saturated carbocycles. The predicted molar refractivity (Wildman–Crippen MR) is 122 cm³/mol. The standard InChI is InChI=1S/C23H18N4O4S/c1-14-12-19(27-22(29)18-5-3-11-31-18)32-20(14)23(30)25-16-8-6-15(7-9-16)21(28)26-17-4-2-10-24-13-17/h2-13H,1H3,(H,25,30)(H,26,28)(H,27,29). The molecule has 3 amide bonds. The number of anilines is 3. The second-order valence-electron chi connectivity index (χ2n) is 6.78. The maximum absolute atomic E-state index is 12.7. The number of nitrogens with one attached hydrogen (secondary N) is 3. The zero-order chi connectivity index (χ0) is 22.5. The molecule has 9 heteroatoms. The first kappa shape index (κ1) is 21.0. The summed E-state index contributed by atoms with van der Waals surface area (Å²) in [4.78, 5) is 41.6. The van der Waals surface area contributed by atoms with Crippen LogP contribution in [0.15, 0.2) is 77.7 Å². The molecule has 0 atom stereocenters. The van der Waals surface area contributed by atoms with Gasteiger partial charge in [-0.05, 0) is 67.1 Å². The Labute approximate surface area is 187 Å². The number of aromatic nitrogens is 1. The number of amides is 3. The maximum Gasteiger partial charge on any atom is 0.291 e. The molecule has 160 valence electrons. The van der Waals surface area contributed by atoms with Crippen LogP contribution in [0, 0.1) is 6.92 Å². The number of hydrogen-bond acceptors (Lipinski definition) is 6. The number of aryl methyl sites for hydroxylation is 1. The van der Waals surface area contributed by atoms with Crippen LogP contribution in [0.1, 0.15) is 36.1 Å². The minimum atomic E-state index is -0.386. The quantitative estimate of drug-likeness (QED) is 0.394. The van der Waals surface area contributed by atoms with Gasteiger partial charge < -0.3 is 20.4 Å². The highest BCUT2D eigenvalue weighted by molar-refractivity contribution is 7.18. The van der Waals surface area contributed by atoms with Crippen molar-refractivity contribution in [3.8, 4) is 0 Å². The Morgan fingerprint density at radius 3 is 2.34 bits per heavy atom. The van der Waals surface area contributed by atoms with Gasteiger partial charge in [0.1, 0.15) is 0 Å². The van der Waals surface area contributed by atoms with E-state index in [1.807, 2.05) is 0 Å². The van der Waals surface area contributed by atoms with E-state index >= 15 is 0 Å². The van der Waals surface area contributed by atoms with Crippen LogP contribution < -0.4 is 16.0 Å². The summed E-state index contributed by atoms with van der Waals surface area (Å²) in [5, 5.41) is 8.82. The average molecular weight is 446 g/mol. The molecule has 0 aliphatic carbocycles. The highest BCUT2D eigenvalue weighted by Gasteiger charge is 2.17. The molecular weight excluding hydrogens is 428 g/mol. The first-order chi connectivity index (χ1) is 15.5. The van der Waals surface area contributed by atoms with E-state index in [9.17, 15) is 14.4 Å². The molecule has 0 aliphatic heterocycles.